The number of ether oxygens (including phenoxy) is 1. The van der Waals surface area contributed by atoms with Gasteiger partial charge in [0, 0.05) is 19.7 Å². The van der Waals surface area contributed by atoms with Crippen LogP contribution in [0.3, 0.4) is 0 Å². The van der Waals surface area contributed by atoms with E-state index in [4.69, 9.17) is 4.74 Å². The lowest BCUT2D eigenvalue weighted by molar-refractivity contribution is 0.0556. The predicted molar refractivity (Wildman–Crippen MR) is 82.4 cm³/mol. The highest BCUT2D eigenvalue weighted by atomic mass is 19.3. The SMILES string of the molecule is COC[C@@H]1C[C@H](O)CN1C(C)c1nc2ccccc2n1C(F)F. The number of hydrogen-bond acceptors (Lipinski definition) is 4. The molecule has 1 N–H and O–H groups in total. The Morgan fingerprint density at radius 3 is 2.83 bits per heavy atom. The third kappa shape index (κ3) is 2.96. The quantitative estimate of drug-likeness (QED) is 0.918. The van der Waals surface area contributed by atoms with Crippen molar-refractivity contribution in [3.05, 3.63) is 30.1 Å². The van der Waals surface area contributed by atoms with Gasteiger partial charge < -0.3 is 9.84 Å². The minimum absolute atomic E-state index is 0.00376. The molecule has 1 aliphatic rings. The first-order valence-electron chi connectivity index (χ1n) is 7.70. The summed E-state index contributed by atoms with van der Waals surface area (Å²) in [6.07, 6.45) is 0.106. The monoisotopic (exact) mass is 325 g/mol. The fraction of sp³-hybridized carbons (Fsp3) is 0.562. The number of aliphatic hydroxyl groups is 1. The number of benzene rings is 1. The van der Waals surface area contributed by atoms with Gasteiger partial charge in [-0.2, -0.15) is 8.78 Å². The molecule has 1 aromatic carbocycles. The van der Waals surface area contributed by atoms with Crippen molar-refractivity contribution >= 4 is 11.0 Å². The predicted octanol–water partition coefficient (Wildman–Crippen LogP) is 2.57. The Kier molecular flexibility index (Phi) is 4.61. The number of aromatic nitrogens is 2. The highest BCUT2D eigenvalue weighted by Crippen LogP contribution is 2.33. The molecule has 0 amide bonds. The van der Waals surface area contributed by atoms with E-state index in [1.807, 2.05) is 11.8 Å². The molecule has 0 radical (unpaired) electrons. The molecule has 23 heavy (non-hydrogen) atoms. The summed E-state index contributed by atoms with van der Waals surface area (Å²) in [6, 6.07) is 6.55. The standard InChI is InChI=1S/C16H21F2N3O2/c1-10(20-8-12(22)7-11(20)9-23-2)15-19-13-5-3-4-6-14(13)21(15)16(17)18/h3-6,10-12,16,22H,7-9H2,1-2H3/t10?,11-,12-/m0/s1. The number of likely N-dealkylation sites (tertiary alicyclic amines) is 1. The van der Waals surface area contributed by atoms with Crippen molar-refractivity contribution in [3.8, 4) is 0 Å². The maximum atomic E-state index is 13.6. The summed E-state index contributed by atoms with van der Waals surface area (Å²) in [5.41, 5.74) is 0.977. The molecule has 126 valence electrons. The second-order valence-electron chi connectivity index (χ2n) is 5.98. The number of fused-ring (bicyclic) bond motifs is 1. The molecule has 1 saturated heterocycles. The second-order valence-corrected chi connectivity index (χ2v) is 5.98. The molecule has 0 saturated carbocycles. The Hall–Kier alpha value is -1.57. The first-order valence-corrected chi connectivity index (χ1v) is 7.70. The molecular weight excluding hydrogens is 304 g/mol. The Balaban J connectivity index is 2.00. The number of para-hydroxylation sites is 2. The van der Waals surface area contributed by atoms with Gasteiger partial charge in [-0.05, 0) is 25.5 Å². The lowest BCUT2D eigenvalue weighted by atomic mass is 10.2. The van der Waals surface area contributed by atoms with E-state index < -0.39 is 12.7 Å². The van der Waals surface area contributed by atoms with Crippen LogP contribution in [0.1, 0.15) is 31.8 Å². The number of hydrogen-bond donors (Lipinski definition) is 1. The molecule has 7 heteroatoms. The van der Waals surface area contributed by atoms with E-state index in [1.165, 1.54) is 0 Å². The number of halogens is 2. The van der Waals surface area contributed by atoms with Crippen molar-refractivity contribution < 1.29 is 18.6 Å². The molecule has 3 rings (SSSR count). The third-order valence-corrected chi connectivity index (χ3v) is 4.48. The summed E-state index contributed by atoms with van der Waals surface area (Å²) in [6.45, 7) is 0.0758. The van der Waals surface area contributed by atoms with Gasteiger partial charge in [-0.15, -0.1) is 0 Å². The molecule has 1 aromatic heterocycles. The summed E-state index contributed by atoms with van der Waals surface area (Å²) in [7, 11) is 1.60. The topological polar surface area (TPSA) is 50.5 Å². The first-order chi connectivity index (χ1) is 11.0. The van der Waals surface area contributed by atoms with Gasteiger partial charge in [0.1, 0.15) is 5.82 Å². The van der Waals surface area contributed by atoms with E-state index in [1.54, 1.807) is 31.4 Å². The largest absolute Gasteiger partial charge is 0.392 e. The van der Waals surface area contributed by atoms with Gasteiger partial charge in [0.05, 0.1) is 29.8 Å². The fourth-order valence-electron chi connectivity index (χ4n) is 3.46. The average molecular weight is 325 g/mol. The lowest BCUT2D eigenvalue weighted by Crippen LogP contribution is -2.36. The number of nitrogens with zero attached hydrogens (tertiary/aromatic N) is 3. The number of imidazole rings is 1. The van der Waals surface area contributed by atoms with Crippen molar-refractivity contribution in [2.75, 3.05) is 20.3 Å². The molecule has 2 heterocycles. The van der Waals surface area contributed by atoms with Crippen molar-refractivity contribution in [2.45, 2.75) is 38.1 Å². The number of alkyl halides is 2. The molecule has 2 aromatic rings. The Bertz CT molecular complexity index is 676. The lowest BCUT2D eigenvalue weighted by Gasteiger charge is -2.29. The van der Waals surface area contributed by atoms with E-state index in [-0.39, 0.29) is 12.1 Å². The van der Waals surface area contributed by atoms with E-state index >= 15 is 0 Å². The molecule has 1 unspecified atom stereocenters. The van der Waals surface area contributed by atoms with E-state index in [9.17, 15) is 13.9 Å². The fourth-order valence-corrected chi connectivity index (χ4v) is 3.46. The zero-order valence-electron chi connectivity index (χ0n) is 13.2. The number of methoxy groups -OCH3 is 1. The van der Waals surface area contributed by atoms with Gasteiger partial charge >= 0.3 is 6.55 Å². The summed E-state index contributed by atoms with van der Waals surface area (Å²) in [4.78, 5) is 6.41. The van der Waals surface area contributed by atoms with Crippen LogP contribution in [-0.2, 0) is 4.74 Å². The van der Waals surface area contributed by atoms with Gasteiger partial charge in [-0.1, -0.05) is 12.1 Å². The minimum atomic E-state index is -2.66. The summed E-state index contributed by atoms with van der Waals surface area (Å²) >= 11 is 0. The van der Waals surface area contributed by atoms with E-state index in [2.05, 4.69) is 4.98 Å². The Labute approximate surface area is 133 Å². The van der Waals surface area contributed by atoms with Crippen LogP contribution >= 0.6 is 0 Å². The van der Waals surface area contributed by atoms with Crippen LogP contribution in [-0.4, -0.2) is 52.0 Å². The van der Waals surface area contributed by atoms with Crippen LogP contribution in [0.4, 0.5) is 8.78 Å². The number of rotatable bonds is 5. The summed E-state index contributed by atoms with van der Waals surface area (Å²) < 4.78 is 33.4. The first kappa shape index (κ1) is 16.3. The molecular formula is C16H21F2N3O2. The van der Waals surface area contributed by atoms with Gasteiger partial charge in [0.25, 0.3) is 0 Å². The van der Waals surface area contributed by atoms with Crippen LogP contribution in [0.25, 0.3) is 11.0 Å². The van der Waals surface area contributed by atoms with E-state index in [0.717, 1.165) is 4.57 Å². The van der Waals surface area contributed by atoms with Crippen molar-refractivity contribution in [1.82, 2.24) is 14.5 Å². The van der Waals surface area contributed by atoms with Crippen LogP contribution < -0.4 is 0 Å². The van der Waals surface area contributed by atoms with E-state index in [0.29, 0.717) is 36.4 Å². The van der Waals surface area contributed by atoms with Crippen LogP contribution in [0.5, 0.6) is 0 Å². The summed E-state index contributed by atoms with van der Waals surface area (Å²) in [5, 5.41) is 9.94. The van der Waals surface area contributed by atoms with Crippen LogP contribution in [0.2, 0.25) is 0 Å². The van der Waals surface area contributed by atoms with Crippen LogP contribution in [0.15, 0.2) is 24.3 Å². The molecule has 5 nitrogen and oxygen atoms in total. The van der Waals surface area contributed by atoms with Crippen molar-refractivity contribution in [3.63, 3.8) is 0 Å². The third-order valence-electron chi connectivity index (χ3n) is 4.48. The average Bonchev–Trinajstić information content (AvgIpc) is 3.07. The second kappa shape index (κ2) is 6.51. The molecule has 0 aliphatic carbocycles. The Morgan fingerprint density at radius 2 is 2.13 bits per heavy atom. The Morgan fingerprint density at radius 1 is 1.39 bits per heavy atom. The molecule has 0 spiro atoms. The van der Waals surface area contributed by atoms with Gasteiger partial charge in [-0.3, -0.25) is 9.47 Å². The number of β-amino-alcohol motifs (C(OH)–C–C–N with tert-alkyl or cyclic N) is 1. The molecule has 3 atom stereocenters. The smallest absolute Gasteiger partial charge is 0.320 e. The van der Waals surface area contributed by atoms with Crippen molar-refractivity contribution in [2.24, 2.45) is 0 Å². The summed E-state index contributed by atoms with van der Waals surface area (Å²) in [5.74, 6) is 0.316. The number of aliphatic hydroxyl groups excluding tert-OH is 1. The zero-order valence-corrected chi connectivity index (χ0v) is 13.2. The highest BCUT2D eigenvalue weighted by molar-refractivity contribution is 5.76. The van der Waals surface area contributed by atoms with Gasteiger partial charge in [0.2, 0.25) is 0 Å². The van der Waals surface area contributed by atoms with Gasteiger partial charge in [-0.25, -0.2) is 4.98 Å². The maximum absolute atomic E-state index is 13.6. The van der Waals surface area contributed by atoms with Crippen molar-refractivity contribution in [1.29, 1.82) is 0 Å². The molecule has 0 bridgehead atoms. The normalized spacial score (nSPS) is 23.9. The molecule has 1 fully saturated rings. The molecule has 1 aliphatic heterocycles. The maximum Gasteiger partial charge on any atom is 0.320 e. The minimum Gasteiger partial charge on any atom is -0.392 e. The zero-order chi connectivity index (χ0) is 16.6. The highest BCUT2D eigenvalue weighted by Gasteiger charge is 2.37. The van der Waals surface area contributed by atoms with Crippen LogP contribution in [0, 0.1) is 0 Å². The van der Waals surface area contributed by atoms with Gasteiger partial charge in [0.15, 0.2) is 0 Å².